The van der Waals surface area contributed by atoms with Crippen LogP contribution < -0.4 is 5.32 Å². The Morgan fingerprint density at radius 2 is 2.23 bits per heavy atom. The van der Waals surface area contributed by atoms with Gasteiger partial charge in [-0.05, 0) is 18.8 Å². The molecule has 1 aliphatic carbocycles. The van der Waals surface area contributed by atoms with Crippen molar-refractivity contribution >= 4 is 6.01 Å². The summed E-state index contributed by atoms with van der Waals surface area (Å²) in [5.74, 6) is 1.30. The van der Waals surface area contributed by atoms with Crippen LogP contribution in [0.3, 0.4) is 0 Å². The standard InChI is InChI=1S/C9H15N3O/c1-6(2)5-8-11-12-9(13-8)10-7-3-4-7/h6-7H,3-5H2,1-2H3,(H,10,12). The zero-order valence-corrected chi connectivity index (χ0v) is 8.08. The molecule has 4 nitrogen and oxygen atoms in total. The Morgan fingerprint density at radius 3 is 2.85 bits per heavy atom. The van der Waals surface area contributed by atoms with E-state index in [0.717, 1.165) is 12.3 Å². The van der Waals surface area contributed by atoms with Gasteiger partial charge in [0.05, 0.1) is 0 Å². The van der Waals surface area contributed by atoms with Crippen molar-refractivity contribution in [2.45, 2.75) is 39.2 Å². The van der Waals surface area contributed by atoms with Gasteiger partial charge in [0.2, 0.25) is 5.89 Å². The van der Waals surface area contributed by atoms with Gasteiger partial charge in [0.15, 0.2) is 0 Å². The molecule has 1 heterocycles. The molecule has 72 valence electrons. The van der Waals surface area contributed by atoms with Gasteiger partial charge >= 0.3 is 6.01 Å². The summed E-state index contributed by atoms with van der Waals surface area (Å²) in [6.45, 7) is 4.27. The monoisotopic (exact) mass is 181 g/mol. The van der Waals surface area contributed by atoms with Crippen LogP contribution in [0, 0.1) is 5.92 Å². The van der Waals surface area contributed by atoms with Crippen LogP contribution in [0.15, 0.2) is 4.42 Å². The normalized spacial score (nSPS) is 16.5. The summed E-state index contributed by atoms with van der Waals surface area (Å²) in [4.78, 5) is 0. The van der Waals surface area contributed by atoms with Crippen LogP contribution in [0.1, 0.15) is 32.6 Å². The van der Waals surface area contributed by atoms with Crippen LogP contribution in [0.5, 0.6) is 0 Å². The molecule has 1 saturated carbocycles. The van der Waals surface area contributed by atoms with Crippen LogP contribution >= 0.6 is 0 Å². The minimum Gasteiger partial charge on any atom is -0.408 e. The lowest BCUT2D eigenvalue weighted by molar-refractivity contribution is 0.465. The predicted molar refractivity (Wildman–Crippen MR) is 49.5 cm³/mol. The van der Waals surface area contributed by atoms with E-state index >= 15 is 0 Å². The molecule has 1 aromatic rings. The lowest BCUT2D eigenvalue weighted by atomic mass is 10.1. The van der Waals surface area contributed by atoms with Gasteiger partial charge in [0.1, 0.15) is 0 Å². The Labute approximate surface area is 77.7 Å². The second-order valence-electron chi connectivity index (χ2n) is 4.02. The van der Waals surface area contributed by atoms with Crippen molar-refractivity contribution < 1.29 is 4.42 Å². The first-order valence-electron chi connectivity index (χ1n) is 4.83. The summed E-state index contributed by atoms with van der Waals surface area (Å²) in [6.07, 6.45) is 3.31. The van der Waals surface area contributed by atoms with Crippen molar-refractivity contribution in [3.63, 3.8) is 0 Å². The van der Waals surface area contributed by atoms with E-state index in [1.54, 1.807) is 0 Å². The largest absolute Gasteiger partial charge is 0.408 e. The molecular formula is C9H15N3O. The molecule has 2 rings (SSSR count). The number of hydrogen-bond donors (Lipinski definition) is 1. The Kier molecular flexibility index (Phi) is 2.20. The van der Waals surface area contributed by atoms with Gasteiger partial charge < -0.3 is 9.73 Å². The second-order valence-corrected chi connectivity index (χ2v) is 4.02. The fraction of sp³-hybridized carbons (Fsp3) is 0.778. The van der Waals surface area contributed by atoms with Gasteiger partial charge in [-0.15, -0.1) is 5.10 Å². The highest BCUT2D eigenvalue weighted by Crippen LogP contribution is 2.23. The summed E-state index contributed by atoms with van der Waals surface area (Å²) in [5, 5.41) is 11.0. The summed E-state index contributed by atoms with van der Waals surface area (Å²) >= 11 is 0. The Morgan fingerprint density at radius 1 is 1.46 bits per heavy atom. The van der Waals surface area contributed by atoms with Gasteiger partial charge in [0, 0.05) is 12.5 Å². The van der Waals surface area contributed by atoms with E-state index in [1.165, 1.54) is 12.8 Å². The van der Waals surface area contributed by atoms with Gasteiger partial charge in [-0.1, -0.05) is 18.9 Å². The summed E-state index contributed by atoms with van der Waals surface area (Å²) in [5.41, 5.74) is 0. The van der Waals surface area contributed by atoms with Gasteiger partial charge in [-0.3, -0.25) is 0 Å². The Bertz CT molecular complexity index is 260. The SMILES string of the molecule is CC(C)Cc1nnc(NC2CC2)o1. The van der Waals surface area contributed by atoms with Crippen LogP contribution in [0.4, 0.5) is 6.01 Å². The topological polar surface area (TPSA) is 51.0 Å². The zero-order valence-electron chi connectivity index (χ0n) is 8.08. The highest BCUT2D eigenvalue weighted by Gasteiger charge is 2.23. The van der Waals surface area contributed by atoms with Gasteiger partial charge in [-0.2, -0.15) is 0 Å². The number of hydrogen-bond acceptors (Lipinski definition) is 4. The van der Waals surface area contributed by atoms with Crippen LogP contribution in [0.2, 0.25) is 0 Å². The molecule has 1 fully saturated rings. The summed E-state index contributed by atoms with van der Waals surface area (Å²) < 4.78 is 5.41. The lowest BCUT2D eigenvalue weighted by Crippen LogP contribution is -2.00. The first kappa shape index (κ1) is 8.53. The molecule has 0 atom stereocenters. The third kappa shape index (κ3) is 2.44. The second kappa shape index (κ2) is 3.36. The van der Waals surface area contributed by atoms with E-state index < -0.39 is 0 Å². The maximum atomic E-state index is 5.41. The van der Waals surface area contributed by atoms with Crippen molar-refractivity contribution in [3.05, 3.63) is 5.89 Å². The van der Waals surface area contributed by atoms with E-state index in [1.807, 2.05) is 0 Å². The molecule has 0 amide bonds. The van der Waals surface area contributed by atoms with E-state index in [4.69, 9.17) is 4.42 Å². The fourth-order valence-corrected chi connectivity index (χ4v) is 1.15. The molecule has 4 heteroatoms. The molecule has 1 aliphatic rings. The first-order valence-corrected chi connectivity index (χ1v) is 4.83. The Hall–Kier alpha value is -1.06. The van der Waals surface area contributed by atoms with Crippen LogP contribution in [-0.2, 0) is 6.42 Å². The molecule has 0 radical (unpaired) electrons. The van der Waals surface area contributed by atoms with Crippen molar-refractivity contribution in [2.24, 2.45) is 5.92 Å². The number of nitrogens with one attached hydrogen (secondary N) is 1. The maximum Gasteiger partial charge on any atom is 0.315 e. The van der Waals surface area contributed by atoms with Crippen LogP contribution in [0.25, 0.3) is 0 Å². The van der Waals surface area contributed by atoms with E-state index in [2.05, 4.69) is 29.4 Å². The fourth-order valence-electron chi connectivity index (χ4n) is 1.15. The third-order valence-corrected chi connectivity index (χ3v) is 1.95. The van der Waals surface area contributed by atoms with Crippen molar-refractivity contribution in [1.29, 1.82) is 0 Å². The quantitative estimate of drug-likeness (QED) is 0.770. The minimum atomic E-state index is 0.564. The average Bonchev–Trinajstić information content (AvgIpc) is 2.73. The molecule has 1 aromatic heterocycles. The van der Waals surface area contributed by atoms with E-state index in [-0.39, 0.29) is 0 Å². The maximum absolute atomic E-state index is 5.41. The summed E-state index contributed by atoms with van der Waals surface area (Å²) in [6, 6.07) is 1.16. The molecule has 0 unspecified atom stereocenters. The minimum absolute atomic E-state index is 0.564. The van der Waals surface area contributed by atoms with E-state index in [0.29, 0.717) is 18.0 Å². The van der Waals surface area contributed by atoms with Crippen molar-refractivity contribution in [1.82, 2.24) is 10.2 Å². The van der Waals surface area contributed by atoms with Gasteiger partial charge in [0.25, 0.3) is 0 Å². The highest BCUT2D eigenvalue weighted by atomic mass is 16.4. The molecule has 0 spiro atoms. The van der Waals surface area contributed by atoms with Crippen molar-refractivity contribution in [2.75, 3.05) is 5.32 Å². The molecule has 1 N–H and O–H groups in total. The molecular weight excluding hydrogens is 166 g/mol. The average molecular weight is 181 g/mol. The summed E-state index contributed by atoms with van der Waals surface area (Å²) in [7, 11) is 0. The number of rotatable bonds is 4. The zero-order chi connectivity index (χ0) is 9.26. The number of anilines is 1. The molecule has 13 heavy (non-hydrogen) atoms. The van der Waals surface area contributed by atoms with Gasteiger partial charge in [-0.25, -0.2) is 0 Å². The lowest BCUT2D eigenvalue weighted by Gasteiger charge is -1.97. The van der Waals surface area contributed by atoms with E-state index in [9.17, 15) is 0 Å². The number of aromatic nitrogens is 2. The smallest absolute Gasteiger partial charge is 0.315 e. The van der Waals surface area contributed by atoms with Crippen LogP contribution in [-0.4, -0.2) is 16.2 Å². The molecule has 0 bridgehead atoms. The third-order valence-electron chi connectivity index (χ3n) is 1.95. The van der Waals surface area contributed by atoms with Crippen molar-refractivity contribution in [3.8, 4) is 0 Å². The molecule has 0 aliphatic heterocycles. The predicted octanol–water partition coefficient (Wildman–Crippen LogP) is 1.84. The first-order chi connectivity index (χ1) is 6.24. The molecule has 0 saturated heterocycles. The Balaban J connectivity index is 1.91. The highest BCUT2D eigenvalue weighted by molar-refractivity contribution is 5.22. The molecule has 0 aromatic carbocycles. The number of nitrogens with zero attached hydrogens (tertiary/aromatic N) is 2.